The summed E-state index contributed by atoms with van der Waals surface area (Å²) in [5, 5.41) is 3.20. The highest BCUT2D eigenvalue weighted by atomic mass is 32.2. The van der Waals surface area contributed by atoms with Gasteiger partial charge in [0.05, 0.1) is 5.54 Å². The van der Waals surface area contributed by atoms with E-state index in [0.29, 0.717) is 5.41 Å². The van der Waals surface area contributed by atoms with Gasteiger partial charge in [0.15, 0.2) is 0 Å². The molecule has 2 nitrogen and oxygen atoms in total. The molecule has 0 bridgehead atoms. The van der Waals surface area contributed by atoms with E-state index in [-0.39, 0.29) is 5.54 Å². The normalized spacial score (nSPS) is 30.4. The maximum Gasteiger partial charge on any atom is 0.114 e. The van der Waals surface area contributed by atoms with Crippen molar-refractivity contribution in [3.05, 3.63) is 16.1 Å². The molecule has 0 aliphatic carbocycles. The number of hydrogen-bond acceptors (Lipinski definition) is 4. The van der Waals surface area contributed by atoms with Crippen LogP contribution in [0.1, 0.15) is 31.0 Å². The molecular formula is C11H18N2S2. The highest BCUT2D eigenvalue weighted by Crippen LogP contribution is 2.43. The summed E-state index contributed by atoms with van der Waals surface area (Å²) in [6, 6.07) is 0. The Hall–Kier alpha value is -0.0600. The maximum absolute atomic E-state index is 6.50. The molecule has 0 radical (unpaired) electrons. The Labute approximate surface area is 99.7 Å². The summed E-state index contributed by atoms with van der Waals surface area (Å²) in [5.41, 5.74) is 7.71. The lowest BCUT2D eigenvalue weighted by Gasteiger charge is -2.40. The average molecular weight is 242 g/mol. The topological polar surface area (TPSA) is 38.9 Å². The van der Waals surface area contributed by atoms with Gasteiger partial charge < -0.3 is 5.73 Å². The first-order valence-corrected chi connectivity index (χ1v) is 7.24. The molecule has 1 saturated heterocycles. The van der Waals surface area contributed by atoms with E-state index in [4.69, 9.17) is 5.73 Å². The largest absolute Gasteiger partial charge is 0.319 e. The summed E-state index contributed by atoms with van der Waals surface area (Å²) >= 11 is 3.66. The average Bonchev–Trinajstić information content (AvgIpc) is 2.49. The molecule has 84 valence electrons. The highest BCUT2D eigenvalue weighted by molar-refractivity contribution is 7.99. The van der Waals surface area contributed by atoms with Crippen LogP contribution in [0.4, 0.5) is 0 Å². The van der Waals surface area contributed by atoms with Gasteiger partial charge in [0.1, 0.15) is 5.01 Å². The molecule has 1 unspecified atom stereocenters. The number of hydrogen-bond donors (Lipinski definition) is 1. The van der Waals surface area contributed by atoms with Gasteiger partial charge in [0.25, 0.3) is 0 Å². The molecule has 1 aliphatic rings. The summed E-state index contributed by atoms with van der Waals surface area (Å²) < 4.78 is 0. The molecule has 4 heteroatoms. The second-order valence-corrected chi connectivity index (χ2v) is 7.13. The Morgan fingerprint density at radius 1 is 1.40 bits per heavy atom. The van der Waals surface area contributed by atoms with Crippen molar-refractivity contribution in [2.45, 2.75) is 32.7 Å². The summed E-state index contributed by atoms with van der Waals surface area (Å²) in [7, 11) is 0. The Morgan fingerprint density at radius 2 is 2.13 bits per heavy atom. The van der Waals surface area contributed by atoms with E-state index in [1.54, 1.807) is 11.3 Å². The minimum atomic E-state index is -0.203. The predicted molar refractivity (Wildman–Crippen MR) is 68.4 cm³/mol. The Bertz CT molecular complexity index is 359. The number of thioether (sulfide) groups is 1. The van der Waals surface area contributed by atoms with Crippen molar-refractivity contribution in [1.82, 2.24) is 4.98 Å². The monoisotopic (exact) mass is 242 g/mol. The first kappa shape index (κ1) is 11.4. The van der Waals surface area contributed by atoms with E-state index < -0.39 is 0 Å². The second-order valence-electron chi connectivity index (χ2n) is 5.28. The standard InChI is InChI=1S/C11H18N2S2/c1-8-4-15-9(13-8)11(12)5-10(2,3)6-14-7-11/h4H,5-7,12H2,1-3H3. The van der Waals surface area contributed by atoms with Crippen molar-refractivity contribution in [2.24, 2.45) is 11.1 Å². The zero-order valence-corrected chi connectivity index (χ0v) is 11.2. The van der Waals surface area contributed by atoms with Crippen LogP contribution in [0.2, 0.25) is 0 Å². The van der Waals surface area contributed by atoms with E-state index in [1.165, 1.54) is 5.75 Å². The maximum atomic E-state index is 6.50. The fraction of sp³-hybridized carbons (Fsp3) is 0.727. The third-order valence-electron chi connectivity index (χ3n) is 2.69. The molecule has 1 aromatic rings. The lowest BCUT2D eigenvalue weighted by atomic mass is 9.81. The van der Waals surface area contributed by atoms with Gasteiger partial charge in [0, 0.05) is 16.8 Å². The zero-order chi connectivity index (χ0) is 11.1. The van der Waals surface area contributed by atoms with Gasteiger partial charge in [-0.1, -0.05) is 13.8 Å². The van der Waals surface area contributed by atoms with Crippen LogP contribution in [0.25, 0.3) is 0 Å². The van der Waals surface area contributed by atoms with Crippen molar-refractivity contribution in [3.8, 4) is 0 Å². The van der Waals surface area contributed by atoms with Gasteiger partial charge in [0.2, 0.25) is 0 Å². The minimum absolute atomic E-state index is 0.203. The van der Waals surface area contributed by atoms with Gasteiger partial charge in [-0.15, -0.1) is 11.3 Å². The van der Waals surface area contributed by atoms with Crippen molar-refractivity contribution >= 4 is 23.1 Å². The van der Waals surface area contributed by atoms with Gasteiger partial charge in [-0.2, -0.15) is 11.8 Å². The summed E-state index contributed by atoms with van der Waals surface area (Å²) in [6.45, 7) is 6.62. The molecule has 2 heterocycles. The van der Waals surface area contributed by atoms with E-state index >= 15 is 0 Å². The molecule has 0 spiro atoms. The van der Waals surface area contributed by atoms with E-state index in [9.17, 15) is 0 Å². The smallest absolute Gasteiger partial charge is 0.114 e. The summed E-state index contributed by atoms with van der Waals surface area (Å²) in [4.78, 5) is 4.55. The third-order valence-corrected chi connectivity index (χ3v) is 5.58. The molecule has 0 saturated carbocycles. The van der Waals surface area contributed by atoms with Crippen molar-refractivity contribution in [3.63, 3.8) is 0 Å². The fourth-order valence-corrected chi connectivity index (χ4v) is 4.55. The highest BCUT2D eigenvalue weighted by Gasteiger charge is 2.40. The Balaban J connectivity index is 2.26. The molecule has 1 aliphatic heterocycles. The number of nitrogens with two attached hydrogens (primary N) is 1. The predicted octanol–water partition coefficient (Wildman–Crippen LogP) is 2.77. The van der Waals surface area contributed by atoms with Crippen molar-refractivity contribution < 1.29 is 0 Å². The van der Waals surface area contributed by atoms with Gasteiger partial charge in [-0.25, -0.2) is 4.98 Å². The van der Waals surface area contributed by atoms with Crippen LogP contribution in [-0.4, -0.2) is 16.5 Å². The third kappa shape index (κ3) is 2.37. The number of rotatable bonds is 1. The number of thiazole rings is 1. The second kappa shape index (κ2) is 3.75. The van der Waals surface area contributed by atoms with Crippen LogP contribution in [0, 0.1) is 12.3 Å². The lowest BCUT2D eigenvalue weighted by Crippen LogP contribution is -2.47. The van der Waals surface area contributed by atoms with Crippen LogP contribution in [0.15, 0.2) is 5.38 Å². The lowest BCUT2D eigenvalue weighted by molar-refractivity contribution is 0.270. The molecule has 0 aromatic carbocycles. The van der Waals surface area contributed by atoms with E-state index in [0.717, 1.165) is 22.9 Å². The SMILES string of the molecule is Cc1csc(C2(N)CSCC(C)(C)C2)n1. The molecule has 2 N–H and O–H groups in total. The van der Waals surface area contributed by atoms with Crippen molar-refractivity contribution in [1.29, 1.82) is 0 Å². The molecule has 15 heavy (non-hydrogen) atoms. The molecular weight excluding hydrogens is 224 g/mol. The first-order valence-electron chi connectivity index (χ1n) is 5.21. The number of aromatic nitrogens is 1. The van der Waals surface area contributed by atoms with Crippen LogP contribution >= 0.6 is 23.1 Å². The number of nitrogens with zero attached hydrogens (tertiary/aromatic N) is 1. The van der Waals surface area contributed by atoms with Crippen LogP contribution < -0.4 is 5.73 Å². The van der Waals surface area contributed by atoms with E-state index in [1.807, 2.05) is 18.7 Å². The van der Waals surface area contributed by atoms with Gasteiger partial charge >= 0.3 is 0 Å². The Kier molecular flexibility index (Phi) is 2.86. The fourth-order valence-electron chi connectivity index (χ4n) is 2.19. The van der Waals surface area contributed by atoms with Crippen LogP contribution in [0.5, 0.6) is 0 Å². The summed E-state index contributed by atoms with van der Waals surface area (Å²) in [5.74, 6) is 2.21. The van der Waals surface area contributed by atoms with Crippen LogP contribution in [-0.2, 0) is 5.54 Å². The quantitative estimate of drug-likeness (QED) is 0.823. The minimum Gasteiger partial charge on any atom is -0.319 e. The first-order chi connectivity index (χ1) is 6.91. The molecule has 2 rings (SSSR count). The van der Waals surface area contributed by atoms with Gasteiger partial charge in [-0.3, -0.25) is 0 Å². The van der Waals surface area contributed by atoms with Gasteiger partial charge in [-0.05, 0) is 24.5 Å². The zero-order valence-electron chi connectivity index (χ0n) is 9.54. The molecule has 0 amide bonds. The molecule has 1 atom stereocenters. The number of aryl methyl sites for hydroxylation is 1. The molecule has 1 aromatic heterocycles. The van der Waals surface area contributed by atoms with Crippen LogP contribution in [0.3, 0.4) is 0 Å². The molecule has 1 fully saturated rings. The van der Waals surface area contributed by atoms with E-state index in [2.05, 4.69) is 24.2 Å². The summed E-state index contributed by atoms with van der Waals surface area (Å²) in [6.07, 6.45) is 1.04. The van der Waals surface area contributed by atoms with Crippen molar-refractivity contribution in [2.75, 3.05) is 11.5 Å². The Morgan fingerprint density at radius 3 is 2.67 bits per heavy atom.